The molecule has 42 heavy (non-hydrogen) atoms. The van der Waals surface area contributed by atoms with E-state index in [0.29, 0.717) is 54.2 Å². The van der Waals surface area contributed by atoms with Gasteiger partial charge in [-0.1, -0.05) is 0 Å². The van der Waals surface area contributed by atoms with Crippen molar-refractivity contribution in [2.24, 2.45) is 0 Å². The van der Waals surface area contributed by atoms with E-state index in [1.54, 1.807) is 30.3 Å². The molecule has 2 aromatic carbocycles. The monoisotopic (exact) mass is 606 g/mol. The van der Waals surface area contributed by atoms with Crippen LogP contribution in [0.5, 0.6) is 11.5 Å². The standard InChI is InChI=1S/C26H26N10O4S2/c1-40-20-14-18-17(13-19(20)37)21-22(31-18)32-24(27)33-23(21)35-9-11-36(12-10-35)26(41)30-15-3-5-16(6-4-15)42(38,39)34-25-28-7-2-8-29-25/h2-8,13-14,37H,9-12H2,1H3,(H,30,41)(H,28,29,34)(H3,27,31,32,33). The number of piperazine rings is 1. The number of hydrogen-bond acceptors (Lipinski definition) is 11. The maximum absolute atomic E-state index is 12.6. The number of ether oxygens (including phenoxy) is 1. The number of hydrogen-bond donors (Lipinski definition) is 5. The first-order valence-corrected chi connectivity index (χ1v) is 14.7. The number of nitrogens with one attached hydrogen (secondary N) is 3. The molecule has 1 fully saturated rings. The minimum Gasteiger partial charge on any atom is -0.504 e. The molecule has 216 valence electrons. The summed E-state index contributed by atoms with van der Waals surface area (Å²) in [7, 11) is -2.35. The Morgan fingerprint density at radius 2 is 1.81 bits per heavy atom. The average Bonchev–Trinajstić information content (AvgIpc) is 3.33. The van der Waals surface area contributed by atoms with Crippen LogP contribution in [0.15, 0.2) is 59.8 Å². The Labute approximate surface area is 245 Å². The van der Waals surface area contributed by atoms with Gasteiger partial charge in [0.1, 0.15) is 11.5 Å². The number of nitrogen functional groups attached to an aromatic ring is 1. The molecule has 0 radical (unpaired) electrons. The summed E-state index contributed by atoms with van der Waals surface area (Å²) < 4.78 is 32.9. The Kier molecular flexibility index (Phi) is 6.99. The number of anilines is 4. The SMILES string of the molecule is COc1cc2[nH]c3nc(N)nc(N4CCN(C(=S)Nc5ccc(S(=O)(=O)Nc6ncccn6)cc5)CC4)c3c2cc1O. The number of rotatable bonds is 6. The molecule has 0 atom stereocenters. The maximum Gasteiger partial charge on any atom is 0.264 e. The number of methoxy groups -OCH3 is 1. The van der Waals surface area contributed by atoms with Crippen LogP contribution >= 0.6 is 12.2 Å². The molecule has 4 heterocycles. The Balaban J connectivity index is 1.14. The van der Waals surface area contributed by atoms with Crippen molar-refractivity contribution in [1.82, 2.24) is 29.8 Å². The van der Waals surface area contributed by atoms with E-state index in [9.17, 15) is 13.5 Å². The fraction of sp³-hybridized carbons (Fsp3) is 0.192. The minimum atomic E-state index is -3.84. The lowest BCUT2D eigenvalue weighted by molar-refractivity contribution is 0.374. The Bertz CT molecular complexity index is 1890. The Morgan fingerprint density at radius 1 is 1.10 bits per heavy atom. The van der Waals surface area contributed by atoms with Crippen LogP contribution in [0.3, 0.4) is 0 Å². The summed E-state index contributed by atoms with van der Waals surface area (Å²) in [6.45, 7) is 2.41. The largest absolute Gasteiger partial charge is 0.504 e. The topological polar surface area (TPSA) is 188 Å². The quantitative estimate of drug-likeness (QED) is 0.178. The molecule has 0 unspecified atom stereocenters. The predicted molar refractivity (Wildman–Crippen MR) is 163 cm³/mol. The molecular weight excluding hydrogens is 580 g/mol. The summed E-state index contributed by atoms with van der Waals surface area (Å²) in [5.74, 6) is 1.16. The lowest BCUT2D eigenvalue weighted by atomic mass is 10.1. The number of nitrogens with zero attached hydrogens (tertiary/aromatic N) is 6. The van der Waals surface area contributed by atoms with Gasteiger partial charge in [-0.05, 0) is 48.6 Å². The van der Waals surface area contributed by atoms with E-state index >= 15 is 0 Å². The summed E-state index contributed by atoms with van der Waals surface area (Å²) >= 11 is 5.65. The lowest BCUT2D eigenvalue weighted by Gasteiger charge is -2.37. The van der Waals surface area contributed by atoms with Gasteiger partial charge in [0, 0.05) is 55.7 Å². The molecule has 0 bridgehead atoms. The second-order valence-corrected chi connectivity index (χ2v) is 11.5. The Morgan fingerprint density at radius 3 is 2.50 bits per heavy atom. The van der Waals surface area contributed by atoms with E-state index in [-0.39, 0.29) is 22.5 Å². The summed E-state index contributed by atoms with van der Waals surface area (Å²) in [6.07, 6.45) is 2.90. The number of benzene rings is 2. The second kappa shape index (κ2) is 10.8. The van der Waals surface area contributed by atoms with Crippen molar-refractivity contribution in [3.05, 3.63) is 54.9 Å². The number of aromatic amines is 1. The predicted octanol–water partition coefficient (Wildman–Crippen LogP) is 2.52. The molecular formula is C26H26N10O4S2. The number of aromatic nitrogens is 5. The third-order valence-electron chi connectivity index (χ3n) is 6.82. The van der Waals surface area contributed by atoms with Gasteiger partial charge in [0.25, 0.3) is 10.0 Å². The first-order chi connectivity index (χ1) is 20.2. The summed E-state index contributed by atoms with van der Waals surface area (Å²) in [6, 6.07) is 11.2. The van der Waals surface area contributed by atoms with Crippen LogP contribution < -0.4 is 25.4 Å². The highest BCUT2D eigenvalue weighted by Crippen LogP contribution is 2.38. The molecule has 6 rings (SSSR count). The van der Waals surface area contributed by atoms with Gasteiger partial charge in [0.05, 0.1) is 22.9 Å². The van der Waals surface area contributed by atoms with Crippen LogP contribution in [0.4, 0.5) is 23.4 Å². The second-order valence-electron chi connectivity index (χ2n) is 9.43. The molecule has 0 amide bonds. The molecule has 1 aliphatic heterocycles. The number of phenolic OH excluding ortho intramolecular Hbond substituents is 1. The molecule has 14 nitrogen and oxygen atoms in total. The minimum absolute atomic E-state index is 0.00604. The van der Waals surface area contributed by atoms with Crippen molar-refractivity contribution in [3.8, 4) is 11.5 Å². The zero-order chi connectivity index (χ0) is 29.4. The highest BCUT2D eigenvalue weighted by Gasteiger charge is 2.25. The van der Waals surface area contributed by atoms with E-state index in [1.807, 2.05) is 4.90 Å². The van der Waals surface area contributed by atoms with Crippen LogP contribution in [0.2, 0.25) is 0 Å². The molecule has 0 aliphatic carbocycles. The van der Waals surface area contributed by atoms with Crippen LogP contribution in [0.1, 0.15) is 0 Å². The summed E-state index contributed by atoms with van der Waals surface area (Å²) in [5, 5.41) is 15.6. The summed E-state index contributed by atoms with van der Waals surface area (Å²) in [5.41, 5.74) is 8.00. The number of sulfonamides is 1. The van der Waals surface area contributed by atoms with E-state index < -0.39 is 10.0 Å². The van der Waals surface area contributed by atoms with Crippen LogP contribution in [0, 0.1) is 0 Å². The molecule has 1 saturated heterocycles. The van der Waals surface area contributed by atoms with Gasteiger partial charge in [0.2, 0.25) is 11.9 Å². The molecule has 16 heteroatoms. The third-order valence-corrected chi connectivity index (χ3v) is 8.53. The first-order valence-electron chi connectivity index (χ1n) is 12.8. The van der Waals surface area contributed by atoms with E-state index in [4.69, 9.17) is 22.7 Å². The molecule has 1 aliphatic rings. The number of phenols is 1. The van der Waals surface area contributed by atoms with Gasteiger partial charge in [0.15, 0.2) is 16.6 Å². The van der Waals surface area contributed by atoms with E-state index in [0.717, 1.165) is 16.3 Å². The third kappa shape index (κ3) is 5.24. The number of aromatic hydroxyl groups is 1. The average molecular weight is 607 g/mol. The number of nitrogens with two attached hydrogens (primary N) is 1. The molecule has 6 N–H and O–H groups in total. The van der Waals surface area contributed by atoms with E-state index in [1.165, 1.54) is 31.6 Å². The zero-order valence-corrected chi connectivity index (χ0v) is 23.9. The van der Waals surface area contributed by atoms with Gasteiger partial charge < -0.3 is 35.7 Å². The molecule has 5 aromatic rings. The Hall–Kier alpha value is -4.96. The van der Waals surface area contributed by atoms with Gasteiger partial charge in [-0.25, -0.2) is 23.1 Å². The van der Waals surface area contributed by atoms with Crippen molar-refractivity contribution in [2.75, 3.05) is 54.0 Å². The normalized spacial score (nSPS) is 13.8. The number of fused-ring (bicyclic) bond motifs is 3. The van der Waals surface area contributed by atoms with E-state index in [2.05, 4.69) is 39.9 Å². The van der Waals surface area contributed by atoms with Crippen molar-refractivity contribution < 1.29 is 18.3 Å². The fourth-order valence-electron chi connectivity index (χ4n) is 4.77. The maximum atomic E-state index is 12.6. The highest BCUT2D eigenvalue weighted by atomic mass is 32.2. The smallest absolute Gasteiger partial charge is 0.264 e. The molecule has 0 saturated carbocycles. The van der Waals surface area contributed by atoms with Crippen LogP contribution in [-0.2, 0) is 10.0 Å². The first kappa shape index (κ1) is 27.2. The van der Waals surface area contributed by atoms with Gasteiger partial charge in [-0.2, -0.15) is 9.97 Å². The number of thiocarbonyl (C=S) groups is 1. The highest BCUT2D eigenvalue weighted by molar-refractivity contribution is 7.92. The van der Waals surface area contributed by atoms with Gasteiger partial charge in [-0.3, -0.25) is 0 Å². The van der Waals surface area contributed by atoms with Crippen molar-refractivity contribution in [1.29, 1.82) is 0 Å². The van der Waals surface area contributed by atoms with Crippen molar-refractivity contribution >= 4 is 72.7 Å². The molecule has 3 aromatic heterocycles. The summed E-state index contributed by atoms with van der Waals surface area (Å²) in [4.78, 5) is 24.1. The lowest BCUT2D eigenvalue weighted by Crippen LogP contribution is -2.50. The van der Waals surface area contributed by atoms with Crippen LogP contribution in [0.25, 0.3) is 21.9 Å². The van der Waals surface area contributed by atoms with Crippen LogP contribution in [-0.4, -0.2) is 81.7 Å². The van der Waals surface area contributed by atoms with Crippen molar-refractivity contribution in [2.45, 2.75) is 4.90 Å². The van der Waals surface area contributed by atoms with Gasteiger partial charge in [-0.15, -0.1) is 0 Å². The number of H-pyrrole nitrogens is 1. The zero-order valence-electron chi connectivity index (χ0n) is 22.3. The molecule has 0 spiro atoms. The fourth-order valence-corrected chi connectivity index (χ4v) is 6.03. The van der Waals surface area contributed by atoms with Gasteiger partial charge >= 0.3 is 0 Å². The van der Waals surface area contributed by atoms with Crippen molar-refractivity contribution in [3.63, 3.8) is 0 Å².